The predicted molar refractivity (Wildman–Crippen MR) is 134 cm³/mol. The molecule has 1 saturated heterocycles. The molecule has 3 atom stereocenters. The smallest absolute Gasteiger partial charge is 0.394 e. The lowest BCUT2D eigenvalue weighted by Crippen LogP contribution is -2.54. The van der Waals surface area contributed by atoms with Gasteiger partial charge in [-0.05, 0) is 49.6 Å². The maximum atomic E-state index is 13.0. The molecule has 0 bridgehead atoms. The van der Waals surface area contributed by atoms with Crippen molar-refractivity contribution >= 4 is 22.8 Å². The summed E-state index contributed by atoms with van der Waals surface area (Å²) in [6, 6.07) is 6.61. The summed E-state index contributed by atoms with van der Waals surface area (Å²) in [5, 5.41) is 21.1. The third kappa shape index (κ3) is 5.47. The minimum Gasteiger partial charge on any atom is -0.394 e. The maximum absolute atomic E-state index is 13.0. The average Bonchev–Trinajstić information content (AvgIpc) is 3.64. The number of hydrogen-bond acceptors (Lipinski definition) is 7. The van der Waals surface area contributed by atoms with E-state index < -0.39 is 36.4 Å². The number of piperidine rings is 1. The first kappa shape index (κ1) is 26.4. The number of primary amides is 1. The summed E-state index contributed by atoms with van der Waals surface area (Å²) < 4.78 is 40.9. The zero-order chi connectivity index (χ0) is 27.0. The fourth-order valence-electron chi connectivity index (χ4n) is 5.26. The second-order valence-electron chi connectivity index (χ2n) is 10.2. The first-order valence-corrected chi connectivity index (χ1v) is 12.7. The zero-order valence-electron chi connectivity index (χ0n) is 20.8. The number of carbonyl (C=O) groups is 1. The standard InChI is InChI=1S/C26H31F3N6O3/c27-26(28,29)18-3-1-16(2-4-18)11-35(19-5-6-19)25-20-8-10-34(24(20)31-15-32-25)12-17-7-9-33(13-22(17)37)21(14-36)23(30)38/h1-4,8,10,15,17,19,21-22,36-37H,5-7,9,11-14H2,(H2,30,38). The molecule has 2 aromatic heterocycles. The number of likely N-dealkylation sites (tertiary alicyclic amines) is 1. The Bertz CT molecular complexity index is 1280. The number of nitrogens with zero attached hydrogens (tertiary/aromatic N) is 5. The number of amides is 1. The van der Waals surface area contributed by atoms with Crippen molar-refractivity contribution < 1.29 is 28.2 Å². The lowest BCUT2D eigenvalue weighted by Gasteiger charge is -2.38. The van der Waals surface area contributed by atoms with Crippen molar-refractivity contribution in [3.63, 3.8) is 0 Å². The Hall–Kier alpha value is -3.22. The number of aromatic nitrogens is 3. The largest absolute Gasteiger partial charge is 0.416 e. The van der Waals surface area contributed by atoms with Crippen molar-refractivity contribution in [2.45, 2.75) is 56.7 Å². The van der Waals surface area contributed by atoms with Crippen molar-refractivity contribution in [1.29, 1.82) is 0 Å². The van der Waals surface area contributed by atoms with E-state index in [1.807, 2.05) is 16.8 Å². The number of alkyl halides is 3. The lowest BCUT2D eigenvalue weighted by atomic mass is 9.92. The van der Waals surface area contributed by atoms with Gasteiger partial charge in [0.1, 0.15) is 23.8 Å². The highest BCUT2D eigenvalue weighted by Crippen LogP contribution is 2.36. The molecule has 0 spiro atoms. The molecular formula is C26H31F3N6O3. The van der Waals surface area contributed by atoms with Gasteiger partial charge in [0, 0.05) is 37.8 Å². The Morgan fingerprint density at radius 1 is 1.16 bits per heavy atom. The fourth-order valence-corrected chi connectivity index (χ4v) is 5.26. The van der Waals surface area contributed by atoms with Crippen LogP contribution in [0.1, 0.15) is 30.4 Å². The van der Waals surface area contributed by atoms with Crippen LogP contribution in [0, 0.1) is 5.92 Å². The van der Waals surface area contributed by atoms with Crippen LogP contribution in [0.5, 0.6) is 0 Å². The molecule has 3 heterocycles. The minimum atomic E-state index is -4.37. The molecule has 1 aliphatic carbocycles. The Kier molecular flexibility index (Phi) is 7.30. The van der Waals surface area contributed by atoms with E-state index in [2.05, 4.69) is 14.9 Å². The summed E-state index contributed by atoms with van der Waals surface area (Å²) in [6.45, 7) is 1.32. The van der Waals surface area contributed by atoms with Gasteiger partial charge in [-0.3, -0.25) is 9.69 Å². The second-order valence-corrected chi connectivity index (χ2v) is 10.2. The van der Waals surface area contributed by atoms with Gasteiger partial charge in [-0.1, -0.05) is 12.1 Å². The summed E-state index contributed by atoms with van der Waals surface area (Å²) in [6.07, 6.45) is 0.904. The number of hydrogen-bond donors (Lipinski definition) is 3. The Labute approximate surface area is 217 Å². The van der Waals surface area contributed by atoms with Gasteiger partial charge in [0.25, 0.3) is 0 Å². The van der Waals surface area contributed by atoms with Gasteiger partial charge < -0.3 is 25.4 Å². The van der Waals surface area contributed by atoms with Gasteiger partial charge in [-0.2, -0.15) is 13.2 Å². The number of aliphatic hydroxyl groups is 2. The van der Waals surface area contributed by atoms with E-state index in [1.54, 1.807) is 4.90 Å². The molecule has 12 heteroatoms. The van der Waals surface area contributed by atoms with Crippen LogP contribution in [0.15, 0.2) is 42.9 Å². The number of benzene rings is 1. The third-order valence-electron chi connectivity index (χ3n) is 7.56. The van der Waals surface area contributed by atoms with E-state index in [1.165, 1.54) is 18.5 Å². The van der Waals surface area contributed by atoms with Gasteiger partial charge in [0.15, 0.2) is 0 Å². The molecule has 1 aliphatic heterocycles. The molecule has 1 aromatic carbocycles. The number of carbonyl (C=O) groups excluding carboxylic acids is 1. The van der Waals surface area contributed by atoms with Crippen LogP contribution in [-0.2, 0) is 24.1 Å². The normalized spacial score (nSPS) is 21.5. The van der Waals surface area contributed by atoms with Crippen molar-refractivity contribution in [1.82, 2.24) is 19.4 Å². The highest BCUT2D eigenvalue weighted by molar-refractivity contribution is 5.88. The van der Waals surface area contributed by atoms with Crippen LogP contribution in [0.3, 0.4) is 0 Å². The molecule has 2 fully saturated rings. The summed E-state index contributed by atoms with van der Waals surface area (Å²) in [5.41, 5.74) is 6.19. The Morgan fingerprint density at radius 2 is 1.89 bits per heavy atom. The summed E-state index contributed by atoms with van der Waals surface area (Å²) >= 11 is 0. The summed E-state index contributed by atoms with van der Waals surface area (Å²) in [5.74, 6) is 0.0354. The molecule has 204 valence electrons. The molecule has 3 aromatic rings. The number of anilines is 1. The molecule has 3 unspecified atom stereocenters. The highest BCUT2D eigenvalue weighted by Gasteiger charge is 2.35. The van der Waals surface area contributed by atoms with E-state index >= 15 is 0 Å². The van der Waals surface area contributed by atoms with Gasteiger partial charge >= 0.3 is 6.18 Å². The molecule has 38 heavy (non-hydrogen) atoms. The van der Waals surface area contributed by atoms with Gasteiger partial charge in [-0.15, -0.1) is 0 Å². The van der Waals surface area contributed by atoms with Crippen molar-refractivity contribution in [2.75, 3.05) is 24.6 Å². The fraction of sp³-hybridized carbons (Fsp3) is 0.500. The van der Waals surface area contributed by atoms with Crippen LogP contribution in [0.2, 0.25) is 0 Å². The van der Waals surface area contributed by atoms with Crippen molar-refractivity contribution in [3.05, 3.63) is 54.0 Å². The Balaban J connectivity index is 1.33. The van der Waals surface area contributed by atoms with Gasteiger partial charge in [0.05, 0.1) is 23.7 Å². The van der Waals surface area contributed by atoms with Gasteiger partial charge in [-0.25, -0.2) is 9.97 Å². The summed E-state index contributed by atoms with van der Waals surface area (Å²) in [4.78, 5) is 24.5. The van der Waals surface area contributed by atoms with Gasteiger partial charge in [0.2, 0.25) is 5.91 Å². The number of fused-ring (bicyclic) bond motifs is 1. The SMILES string of the molecule is NC(=O)C(CO)N1CCC(Cn2ccc3c(N(Cc4ccc(C(F)(F)F)cc4)C4CC4)ncnc32)C(O)C1. The molecular weight excluding hydrogens is 501 g/mol. The number of halogens is 3. The second kappa shape index (κ2) is 10.5. The predicted octanol–water partition coefficient (Wildman–Crippen LogP) is 2.15. The molecule has 5 rings (SSSR count). The molecule has 2 aliphatic rings. The topological polar surface area (TPSA) is 121 Å². The first-order valence-electron chi connectivity index (χ1n) is 12.7. The zero-order valence-corrected chi connectivity index (χ0v) is 20.8. The summed E-state index contributed by atoms with van der Waals surface area (Å²) in [7, 11) is 0. The first-order chi connectivity index (χ1) is 18.2. The van der Waals surface area contributed by atoms with Crippen LogP contribution in [-0.4, -0.2) is 73.4 Å². The van der Waals surface area contributed by atoms with E-state index in [0.717, 1.165) is 41.7 Å². The van der Waals surface area contributed by atoms with E-state index in [-0.39, 0.29) is 18.5 Å². The molecule has 0 radical (unpaired) electrons. The van der Waals surface area contributed by atoms with Crippen LogP contribution in [0.25, 0.3) is 11.0 Å². The van der Waals surface area contributed by atoms with Crippen molar-refractivity contribution in [3.8, 4) is 0 Å². The van der Waals surface area contributed by atoms with Crippen molar-refractivity contribution in [2.24, 2.45) is 11.7 Å². The van der Waals surface area contributed by atoms with Crippen LogP contribution >= 0.6 is 0 Å². The van der Waals surface area contributed by atoms with E-state index in [0.29, 0.717) is 31.7 Å². The quantitative estimate of drug-likeness (QED) is 0.386. The molecule has 1 amide bonds. The van der Waals surface area contributed by atoms with Crippen LogP contribution in [0.4, 0.5) is 19.0 Å². The Morgan fingerprint density at radius 3 is 2.50 bits per heavy atom. The van der Waals surface area contributed by atoms with E-state index in [9.17, 15) is 28.2 Å². The molecule has 4 N–H and O–H groups in total. The minimum absolute atomic E-state index is 0.0841. The van der Waals surface area contributed by atoms with E-state index in [4.69, 9.17) is 5.73 Å². The average molecular weight is 533 g/mol. The monoisotopic (exact) mass is 532 g/mol. The molecule has 1 saturated carbocycles. The molecule has 9 nitrogen and oxygen atoms in total. The highest BCUT2D eigenvalue weighted by atomic mass is 19.4. The number of rotatable bonds is 9. The third-order valence-corrected chi connectivity index (χ3v) is 7.56. The number of β-amino-alcohol motifs (C(OH)–C–C–N with tert-alkyl or cyclic N) is 1. The lowest BCUT2D eigenvalue weighted by molar-refractivity contribution is -0.137. The maximum Gasteiger partial charge on any atom is 0.416 e. The number of aliphatic hydroxyl groups excluding tert-OH is 2. The number of nitrogens with two attached hydrogens (primary N) is 1. The van der Waals surface area contributed by atoms with Crippen LogP contribution < -0.4 is 10.6 Å².